The third-order valence-electron chi connectivity index (χ3n) is 4.91. The monoisotopic (exact) mass is 510 g/mol. The Kier molecular flexibility index (Phi) is 8.60. The molecule has 0 aliphatic heterocycles. The van der Waals surface area contributed by atoms with E-state index in [1.807, 2.05) is 13.8 Å². The van der Waals surface area contributed by atoms with Crippen LogP contribution >= 0.6 is 28.6 Å². The Morgan fingerprint density at radius 2 is 2.03 bits per heavy atom. The van der Waals surface area contributed by atoms with Crippen LogP contribution in [0.5, 0.6) is 0 Å². The molecule has 0 aliphatic rings. The third-order valence-corrected chi connectivity index (χ3v) is 5.80. The van der Waals surface area contributed by atoms with Crippen molar-refractivity contribution >= 4 is 34.5 Å². The van der Waals surface area contributed by atoms with Gasteiger partial charge in [-0.2, -0.15) is 0 Å². The number of carbonyl (C=O) groups is 1. The van der Waals surface area contributed by atoms with Crippen LogP contribution in [0.25, 0.3) is 0 Å². The fraction of sp³-hybridized carbons (Fsp3) is 0.286. The molecule has 1 amide bonds. The number of rotatable bonds is 5. The molecule has 0 aliphatic carbocycles. The summed E-state index contributed by atoms with van der Waals surface area (Å²) >= 11 is 7.29. The maximum atomic E-state index is 14.1. The molecular weight excluding hydrogens is 487 g/mol. The van der Waals surface area contributed by atoms with E-state index in [0.717, 1.165) is 22.0 Å². The van der Waals surface area contributed by atoms with Gasteiger partial charge >= 0.3 is 5.76 Å². The smallest absolute Gasteiger partial charge is 0.391 e. The fourth-order valence-electron chi connectivity index (χ4n) is 3.17. The van der Waals surface area contributed by atoms with E-state index in [-0.39, 0.29) is 17.6 Å². The Morgan fingerprint density at radius 3 is 2.55 bits per heavy atom. The first kappa shape index (κ1) is 24.8. The van der Waals surface area contributed by atoms with Crippen molar-refractivity contribution in [1.82, 2.24) is 10.2 Å². The molecule has 166 valence electrons. The molecule has 0 spiro atoms. The number of hydrogen-bond acceptors (Lipinski definition) is 6. The number of amides is 1. The molecule has 31 heavy (non-hydrogen) atoms. The first-order valence-corrected chi connectivity index (χ1v) is 10.7. The lowest BCUT2D eigenvalue weighted by Gasteiger charge is -2.21. The number of benzene rings is 2. The van der Waals surface area contributed by atoms with Gasteiger partial charge in [0.1, 0.15) is 5.82 Å². The number of hydrogen-bond donors (Lipinski definition) is 4. The normalized spacial score (nSPS) is 12.6. The molecule has 0 bridgehead atoms. The quantitative estimate of drug-likeness (QED) is 0.385. The zero-order chi connectivity index (χ0) is 23.3. The first-order valence-electron chi connectivity index (χ1n) is 9.43. The second-order valence-electron chi connectivity index (χ2n) is 6.89. The van der Waals surface area contributed by atoms with Gasteiger partial charge in [-0.15, -0.1) is 17.7 Å². The minimum atomic E-state index is -0.686. The van der Waals surface area contributed by atoms with E-state index in [1.165, 1.54) is 6.07 Å². The van der Waals surface area contributed by atoms with Crippen molar-refractivity contribution in [2.45, 2.75) is 44.0 Å². The topological polar surface area (TPSA) is 128 Å². The summed E-state index contributed by atoms with van der Waals surface area (Å²) in [6, 6.07) is 7.70. The van der Waals surface area contributed by atoms with Crippen LogP contribution in [0.4, 0.5) is 4.39 Å². The van der Waals surface area contributed by atoms with Crippen LogP contribution in [0.15, 0.2) is 48.9 Å². The summed E-state index contributed by atoms with van der Waals surface area (Å²) in [6.45, 7) is 5.69. The van der Waals surface area contributed by atoms with E-state index >= 15 is 0 Å². The van der Waals surface area contributed by atoms with Gasteiger partial charge in [0.2, 0.25) is 11.8 Å². The number of aromatic amines is 1. The van der Waals surface area contributed by atoms with Crippen molar-refractivity contribution < 1.29 is 13.6 Å². The predicted molar refractivity (Wildman–Crippen MR) is 123 cm³/mol. The first-order chi connectivity index (χ1) is 14.6. The van der Waals surface area contributed by atoms with Crippen molar-refractivity contribution in [3.05, 3.63) is 79.3 Å². The lowest BCUT2D eigenvalue weighted by Crippen LogP contribution is -2.20. The van der Waals surface area contributed by atoms with Crippen molar-refractivity contribution in [3.8, 4) is 0 Å². The Bertz CT molecular complexity index is 1130. The van der Waals surface area contributed by atoms with Gasteiger partial charge in [0, 0.05) is 15.3 Å². The highest BCUT2D eigenvalue weighted by atomic mass is 79.9. The second-order valence-corrected chi connectivity index (χ2v) is 8.29. The largest absolute Gasteiger partial charge is 0.434 e. The van der Waals surface area contributed by atoms with E-state index in [0.29, 0.717) is 16.0 Å². The molecular formula is C21H24BrFN4O3S. The summed E-state index contributed by atoms with van der Waals surface area (Å²) in [7, 11) is 0. The number of H-pyrrole nitrogens is 1. The molecule has 3 aromatic rings. The Balaban J connectivity index is 0.000000262. The van der Waals surface area contributed by atoms with Crippen molar-refractivity contribution in [3.63, 3.8) is 0 Å². The summed E-state index contributed by atoms with van der Waals surface area (Å²) in [5.74, 6) is -1.70. The molecule has 7 nitrogen and oxygen atoms in total. The van der Waals surface area contributed by atoms with E-state index < -0.39 is 17.7 Å². The lowest BCUT2D eigenvalue weighted by molar-refractivity contribution is 0.0997. The van der Waals surface area contributed by atoms with Gasteiger partial charge in [0.15, 0.2) is 0 Å². The van der Waals surface area contributed by atoms with Gasteiger partial charge in [0.25, 0.3) is 0 Å². The molecule has 0 radical (unpaired) electrons. The van der Waals surface area contributed by atoms with E-state index in [1.54, 1.807) is 31.2 Å². The summed E-state index contributed by atoms with van der Waals surface area (Å²) < 4.78 is 19.8. The zero-order valence-corrected chi connectivity index (χ0v) is 19.8. The average molecular weight is 511 g/mol. The molecule has 0 fully saturated rings. The van der Waals surface area contributed by atoms with Crippen LogP contribution in [0.1, 0.15) is 58.7 Å². The van der Waals surface area contributed by atoms with Crippen LogP contribution < -0.4 is 17.2 Å². The third kappa shape index (κ3) is 6.05. The molecule has 2 unspecified atom stereocenters. The molecule has 1 aromatic heterocycles. The number of nitrogens with two attached hydrogens (primary N) is 2. The summed E-state index contributed by atoms with van der Waals surface area (Å²) in [5, 5.41) is 5.87. The van der Waals surface area contributed by atoms with Crippen LogP contribution in [-0.2, 0) is 6.42 Å². The number of aromatic nitrogens is 2. The summed E-state index contributed by atoms with van der Waals surface area (Å²) in [6.07, 6.45) is 0.818. The SMILES string of the molecule is CCc1ccc(F)c(C(C)C(N)c2n[nH]c(=O)o2)c1C.NC(=O)c1cc(Br)ccc1S. The molecule has 3 rings (SSSR count). The van der Waals surface area contributed by atoms with E-state index in [4.69, 9.17) is 15.9 Å². The highest BCUT2D eigenvalue weighted by molar-refractivity contribution is 9.10. The van der Waals surface area contributed by atoms with E-state index in [9.17, 15) is 14.0 Å². The Hall–Kier alpha value is -2.43. The maximum absolute atomic E-state index is 14.1. The molecule has 0 saturated heterocycles. The van der Waals surface area contributed by atoms with Gasteiger partial charge in [-0.05, 0) is 54.3 Å². The number of nitrogens with zero attached hydrogens (tertiary/aromatic N) is 1. The highest BCUT2D eigenvalue weighted by Crippen LogP contribution is 2.32. The minimum Gasteiger partial charge on any atom is -0.391 e. The van der Waals surface area contributed by atoms with Crippen LogP contribution in [0.3, 0.4) is 0 Å². The van der Waals surface area contributed by atoms with Gasteiger partial charge in [-0.25, -0.2) is 14.3 Å². The summed E-state index contributed by atoms with van der Waals surface area (Å²) in [5.41, 5.74) is 14.0. The number of primary amides is 1. The van der Waals surface area contributed by atoms with Gasteiger partial charge in [-0.3, -0.25) is 4.79 Å². The minimum absolute atomic E-state index is 0.0863. The van der Waals surface area contributed by atoms with Gasteiger partial charge < -0.3 is 15.9 Å². The van der Waals surface area contributed by atoms with Crippen molar-refractivity contribution in [2.75, 3.05) is 0 Å². The molecule has 2 aromatic carbocycles. The molecule has 5 N–H and O–H groups in total. The molecule has 10 heteroatoms. The molecule has 0 saturated carbocycles. The van der Waals surface area contributed by atoms with Crippen LogP contribution in [0, 0.1) is 12.7 Å². The summed E-state index contributed by atoms with van der Waals surface area (Å²) in [4.78, 5) is 22.3. The predicted octanol–water partition coefficient (Wildman–Crippen LogP) is 4.01. The maximum Gasteiger partial charge on any atom is 0.434 e. The number of aryl methyl sites for hydroxylation is 1. The highest BCUT2D eigenvalue weighted by Gasteiger charge is 2.26. The number of carbonyl (C=O) groups excluding carboxylic acids is 1. The number of thiol groups is 1. The van der Waals surface area contributed by atoms with Gasteiger partial charge in [0.05, 0.1) is 11.6 Å². The number of halogens is 2. The van der Waals surface area contributed by atoms with Crippen LogP contribution in [-0.4, -0.2) is 16.1 Å². The fourth-order valence-corrected chi connectivity index (χ4v) is 3.78. The Labute approximate surface area is 192 Å². The lowest BCUT2D eigenvalue weighted by atomic mass is 9.87. The average Bonchev–Trinajstić information content (AvgIpc) is 3.16. The molecule has 1 heterocycles. The van der Waals surface area contributed by atoms with Crippen molar-refractivity contribution in [2.24, 2.45) is 11.5 Å². The van der Waals surface area contributed by atoms with Gasteiger partial charge in [-0.1, -0.05) is 35.8 Å². The molecule has 2 atom stereocenters. The zero-order valence-electron chi connectivity index (χ0n) is 17.3. The van der Waals surface area contributed by atoms with Crippen molar-refractivity contribution in [1.29, 1.82) is 0 Å². The van der Waals surface area contributed by atoms with Crippen LogP contribution in [0.2, 0.25) is 0 Å². The Morgan fingerprint density at radius 1 is 1.35 bits per heavy atom. The second kappa shape index (κ2) is 10.7. The van der Waals surface area contributed by atoms with E-state index in [2.05, 4.69) is 38.8 Å². The number of nitrogens with one attached hydrogen (secondary N) is 1. The standard InChI is InChI=1S/C14H18FN3O2.C7H6BrNOS/c1-4-9-5-6-10(15)11(7(9)2)8(3)12(16)13-17-18-14(19)20-13;8-4-1-2-6(11)5(3-4)7(9)10/h5-6,8,12H,4,16H2,1-3H3,(H,18,19);1-3,11H,(H2,9,10).